The first-order chi connectivity index (χ1) is 2.27. The molecule has 1 N–H and O–H groups in total. The molecule has 0 aliphatic carbocycles. The van der Waals surface area contributed by atoms with Crippen molar-refractivity contribution in [3.8, 4) is 0 Å². The number of rotatable bonds is 1. The van der Waals surface area contributed by atoms with Crippen molar-refractivity contribution >= 4 is 70.2 Å². The minimum Gasteiger partial charge on any atom is -0.280 e. The molecule has 0 aromatic heterocycles. The van der Waals surface area contributed by atoms with Gasteiger partial charge in [-0.3, -0.25) is 3.44 Å². The molecule has 0 saturated carbocycles. The van der Waals surface area contributed by atoms with Gasteiger partial charge in [0.2, 0.25) is 0 Å². The molecule has 0 aromatic carbocycles. The quantitative estimate of drug-likeness (QED) is 0.398. The predicted molar refractivity (Wildman–Crippen MR) is 50.9 cm³/mol. The van der Waals surface area contributed by atoms with Gasteiger partial charge in [0.05, 0.1) is 0 Å². The molecule has 0 unspecified atom stereocenters. The summed E-state index contributed by atoms with van der Waals surface area (Å²) in [7, 11) is 0. The molecular formula is HBI3N. The first-order valence-corrected chi connectivity index (χ1v) is 4.48. The highest BCUT2D eigenvalue weighted by Gasteiger charge is 1.94. The van der Waals surface area contributed by atoms with E-state index in [1.165, 1.54) is 0 Å². The van der Waals surface area contributed by atoms with Gasteiger partial charge in [0, 0.05) is 22.9 Å². The summed E-state index contributed by atoms with van der Waals surface area (Å²) in [6, 6.07) is 0. The summed E-state index contributed by atoms with van der Waals surface area (Å²) < 4.78 is 3.53. The van der Waals surface area contributed by atoms with Gasteiger partial charge in [-0.1, -0.05) is 0 Å². The van der Waals surface area contributed by atoms with Gasteiger partial charge in [-0.05, 0) is 0 Å². The molecule has 0 aliphatic heterocycles. The lowest BCUT2D eigenvalue weighted by Crippen LogP contribution is -2.05. The topological polar surface area (TPSA) is 12.0 Å². The Balaban J connectivity index is 2.54. The van der Waals surface area contributed by atoms with Crippen molar-refractivity contribution in [3.05, 3.63) is 0 Å². The Morgan fingerprint density at radius 2 is 1.60 bits per heavy atom. The maximum absolute atomic E-state index is 2.97. The van der Waals surface area contributed by atoms with E-state index in [4.69, 9.17) is 0 Å². The lowest BCUT2D eigenvalue weighted by molar-refractivity contribution is 1.83. The third-order valence-corrected chi connectivity index (χ3v) is 3.71. The summed E-state index contributed by atoms with van der Waals surface area (Å²) in [5, 5.41) is 0. The van der Waals surface area contributed by atoms with E-state index in [1.807, 2.05) is 0 Å². The lowest BCUT2D eigenvalue weighted by Gasteiger charge is -1.81. The van der Waals surface area contributed by atoms with E-state index in [-0.39, 0.29) is 0 Å². The summed E-state index contributed by atoms with van der Waals surface area (Å²) in [6.07, 6.45) is 0. The molecule has 5 heteroatoms. The molecule has 1 nitrogen and oxygen atoms in total. The van der Waals surface area contributed by atoms with Crippen LogP contribution in [0.3, 0.4) is 0 Å². The molecule has 0 saturated heterocycles. The molecule has 0 heterocycles. The average Bonchev–Trinajstić information content (AvgIpc) is 1.38. The molecular weight excluding hydrogens is 406 g/mol. The van der Waals surface area contributed by atoms with E-state index < -0.39 is 0 Å². The van der Waals surface area contributed by atoms with Gasteiger partial charge in [0.1, 0.15) is 0 Å². The minimum absolute atomic E-state index is 0.561. The molecule has 0 rings (SSSR count). The molecule has 0 atom stereocenters. The summed E-state index contributed by atoms with van der Waals surface area (Å²) in [5.41, 5.74) is 0. The highest BCUT2D eigenvalue weighted by molar-refractivity contribution is 14.3. The fraction of sp³-hybridized carbons (Fsp3) is 0. The number of hydrogen-bond donors (Lipinski definition) is 1. The Labute approximate surface area is 72.4 Å². The molecule has 0 aliphatic rings. The van der Waals surface area contributed by atoms with E-state index >= 15 is 0 Å². The van der Waals surface area contributed by atoms with Crippen molar-refractivity contribution in [3.63, 3.8) is 0 Å². The van der Waals surface area contributed by atoms with Crippen LogP contribution in [0.15, 0.2) is 0 Å². The van der Waals surface area contributed by atoms with E-state index in [2.05, 4.69) is 71.1 Å². The predicted octanol–water partition coefficient (Wildman–Crippen LogP) is 1.78. The Hall–Kier alpha value is 2.21. The maximum atomic E-state index is 2.97. The van der Waals surface area contributed by atoms with Crippen molar-refractivity contribution in [2.75, 3.05) is 0 Å². The summed E-state index contributed by atoms with van der Waals surface area (Å²) in [6.45, 7) is 0. The zero-order valence-electron chi connectivity index (χ0n) is 2.21. The smallest absolute Gasteiger partial charge is 0.280 e. The first-order valence-electron chi connectivity index (χ1n) is 0.914. The number of halogens is 3. The minimum atomic E-state index is 0.561. The van der Waals surface area contributed by atoms with Gasteiger partial charge in [-0.2, -0.15) is 0 Å². The Morgan fingerprint density at radius 3 is 1.60 bits per heavy atom. The van der Waals surface area contributed by atoms with Gasteiger partial charge in [0.25, 0.3) is 0 Å². The van der Waals surface area contributed by atoms with Crippen LogP contribution in [0.2, 0.25) is 0 Å². The van der Waals surface area contributed by atoms with Crippen LogP contribution < -0.4 is 3.44 Å². The van der Waals surface area contributed by atoms with Crippen LogP contribution in [0.25, 0.3) is 0 Å². The van der Waals surface area contributed by atoms with Crippen molar-refractivity contribution < 1.29 is 0 Å². The molecule has 0 bridgehead atoms. The second kappa shape index (κ2) is 4.38. The van der Waals surface area contributed by atoms with Crippen LogP contribution in [0.1, 0.15) is 0 Å². The Morgan fingerprint density at radius 1 is 1.40 bits per heavy atom. The number of nitrogens with one attached hydrogen (secondary N) is 1. The molecule has 0 fully saturated rings. The van der Waals surface area contributed by atoms with Crippen LogP contribution in [0.5, 0.6) is 0 Å². The summed E-state index contributed by atoms with van der Waals surface area (Å²) >= 11 is 6.66. The maximum Gasteiger partial charge on any atom is 0.375 e. The zero-order valence-corrected chi connectivity index (χ0v) is 8.68. The zero-order chi connectivity index (χ0) is 4.28. The molecule has 0 radical (unpaired) electrons. The molecule has 30 valence electrons. The Bertz CT molecular complexity index is 20.9. The van der Waals surface area contributed by atoms with E-state index in [0.717, 1.165) is 0 Å². The van der Waals surface area contributed by atoms with E-state index in [1.54, 1.807) is 0 Å². The second-order valence-electron chi connectivity index (χ2n) is 0.410. The van der Waals surface area contributed by atoms with Gasteiger partial charge in [0.15, 0.2) is 0 Å². The van der Waals surface area contributed by atoms with Gasteiger partial charge in [-0.15, -0.1) is 44.7 Å². The van der Waals surface area contributed by atoms with Crippen molar-refractivity contribution in [2.45, 2.75) is 0 Å². The Kier molecular flexibility index (Phi) is 6.31. The van der Waals surface area contributed by atoms with Crippen LogP contribution >= 0.6 is 67.6 Å². The van der Waals surface area contributed by atoms with Gasteiger partial charge < -0.3 is 0 Å². The highest BCUT2D eigenvalue weighted by Crippen LogP contribution is 1.99. The SMILES string of the molecule is INB(I)I. The van der Waals surface area contributed by atoms with Crippen LogP contribution in [0.4, 0.5) is 0 Å². The van der Waals surface area contributed by atoms with Gasteiger partial charge >= 0.3 is 2.56 Å². The normalized spacial score (nSPS) is 7.80. The largest absolute Gasteiger partial charge is 0.375 e. The first kappa shape index (κ1) is 7.21. The second-order valence-corrected chi connectivity index (χ2v) is 5.91. The highest BCUT2D eigenvalue weighted by atomic mass is 127. The fourth-order valence-corrected chi connectivity index (χ4v) is 0. The monoisotopic (exact) mass is 407 g/mol. The molecule has 0 spiro atoms. The van der Waals surface area contributed by atoms with Crippen molar-refractivity contribution in [2.24, 2.45) is 0 Å². The summed E-state index contributed by atoms with van der Waals surface area (Å²) in [4.78, 5) is 0. The molecule has 0 aromatic rings. The lowest BCUT2D eigenvalue weighted by atomic mass is 10.5. The standard InChI is InChI=1S/BHI3N/c2-1(3)5-4/h5H. The van der Waals surface area contributed by atoms with Crippen LogP contribution in [0, 0.1) is 0 Å². The molecule has 5 heavy (non-hydrogen) atoms. The third-order valence-electron chi connectivity index (χ3n) is 0.0825. The number of hydrogen-bond acceptors (Lipinski definition) is 1. The fourth-order valence-electron chi connectivity index (χ4n) is 0. The van der Waals surface area contributed by atoms with E-state index in [9.17, 15) is 0 Å². The molecule has 0 amide bonds. The van der Waals surface area contributed by atoms with Gasteiger partial charge in [-0.25, -0.2) is 0 Å². The van der Waals surface area contributed by atoms with E-state index in [0.29, 0.717) is 2.56 Å². The van der Waals surface area contributed by atoms with Crippen molar-refractivity contribution in [1.29, 1.82) is 0 Å². The summed E-state index contributed by atoms with van der Waals surface area (Å²) in [5.74, 6) is 0. The van der Waals surface area contributed by atoms with Crippen LogP contribution in [-0.4, -0.2) is 2.56 Å². The van der Waals surface area contributed by atoms with Crippen molar-refractivity contribution in [1.82, 2.24) is 3.44 Å². The third kappa shape index (κ3) is 6.21. The van der Waals surface area contributed by atoms with Crippen LogP contribution in [-0.2, 0) is 0 Å². The average molecular weight is 407 g/mol.